The summed E-state index contributed by atoms with van der Waals surface area (Å²) in [6, 6.07) is 15.9. The van der Waals surface area contributed by atoms with Crippen molar-refractivity contribution in [2.75, 3.05) is 20.1 Å². The fourth-order valence-electron chi connectivity index (χ4n) is 4.03. The molecule has 1 N–H and O–H groups in total. The van der Waals surface area contributed by atoms with E-state index in [4.69, 9.17) is 23.2 Å². The van der Waals surface area contributed by atoms with Gasteiger partial charge in [0, 0.05) is 22.5 Å². The summed E-state index contributed by atoms with van der Waals surface area (Å²) in [6.07, 6.45) is 3.21. The number of rotatable bonds is 6. The summed E-state index contributed by atoms with van der Waals surface area (Å²) < 4.78 is 0. The molecule has 3 atom stereocenters. The van der Waals surface area contributed by atoms with Crippen LogP contribution in [0.1, 0.15) is 49.1 Å². The highest BCUT2D eigenvalue weighted by Gasteiger charge is 2.28. The predicted molar refractivity (Wildman–Crippen MR) is 117 cm³/mol. The third-order valence-corrected chi connectivity index (χ3v) is 6.37. The second kappa shape index (κ2) is 9.78. The first-order valence-corrected chi connectivity index (χ1v) is 10.7. The van der Waals surface area contributed by atoms with Crippen LogP contribution in [0.2, 0.25) is 10.0 Å². The SMILES string of the molecule is CC(c1ccc(Cl)cc1)C(CNC(=O)C1CCCCN1C)c1ccc(Cl)cc1. The summed E-state index contributed by atoms with van der Waals surface area (Å²) in [7, 11) is 2.04. The van der Waals surface area contributed by atoms with Crippen LogP contribution < -0.4 is 5.32 Å². The molecule has 0 bridgehead atoms. The first-order chi connectivity index (χ1) is 13.5. The van der Waals surface area contributed by atoms with Crippen molar-refractivity contribution < 1.29 is 4.79 Å². The minimum absolute atomic E-state index is 0.0227. The van der Waals surface area contributed by atoms with Crippen LogP contribution in [-0.2, 0) is 4.79 Å². The molecular formula is C23H28Cl2N2O. The highest BCUT2D eigenvalue weighted by molar-refractivity contribution is 6.30. The highest BCUT2D eigenvalue weighted by Crippen LogP contribution is 2.33. The molecule has 0 saturated carbocycles. The molecule has 3 rings (SSSR count). The van der Waals surface area contributed by atoms with E-state index in [1.807, 2.05) is 31.3 Å². The Balaban J connectivity index is 1.77. The summed E-state index contributed by atoms with van der Waals surface area (Å²) in [5.41, 5.74) is 2.37. The lowest BCUT2D eigenvalue weighted by Crippen LogP contribution is -2.48. The number of likely N-dealkylation sites (tertiary alicyclic amines) is 1. The van der Waals surface area contributed by atoms with Crippen molar-refractivity contribution in [2.24, 2.45) is 0 Å². The molecule has 2 aromatic carbocycles. The lowest BCUT2D eigenvalue weighted by Gasteiger charge is -2.32. The Kier molecular flexibility index (Phi) is 7.39. The van der Waals surface area contributed by atoms with Crippen LogP contribution >= 0.6 is 23.2 Å². The molecule has 1 saturated heterocycles. The Morgan fingerprint density at radius 2 is 1.61 bits per heavy atom. The lowest BCUT2D eigenvalue weighted by atomic mass is 9.82. The topological polar surface area (TPSA) is 32.3 Å². The van der Waals surface area contributed by atoms with Crippen LogP contribution in [0.15, 0.2) is 48.5 Å². The maximum atomic E-state index is 12.8. The number of nitrogens with zero attached hydrogens (tertiary/aromatic N) is 1. The van der Waals surface area contributed by atoms with Gasteiger partial charge in [-0.2, -0.15) is 0 Å². The monoisotopic (exact) mass is 418 g/mol. The Morgan fingerprint density at radius 1 is 1.04 bits per heavy atom. The Morgan fingerprint density at radius 3 is 2.18 bits per heavy atom. The fourth-order valence-corrected chi connectivity index (χ4v) is 4.28. The molecule has 1 aliphatic rings. The van der Waals surface area contributed by atoms with E-state index >= 15 is 0 Å². The van der Waals surface area contributed by atoms with Crippen molar-refractivity contribution in [1.29, 1.82) is 0 Å². The van der Waals surface area contributed by atoms with Crippen molar-refractivity contribution >= 4 is 29.1 Å². The molecule has 0 aromatic heterocycles. The number of carbonyl (C=O) groups excluding carboxylic acids is 1. The van der Waals surface area contributed by atoms with E-state index in [1.54, 1.807) is 0 Å². The maximum absolute atomic E-state index is 12.8. The molecule has 1 fully saturated rings. The van der Waals surface area contributed by atoms with Crippen LogP contribution in [0.4, 0.5) is 0 Å². The first kappa shape index (κ1) is 21.2. The van der Waals surface area contributed by atoms with Crippen LogP contribution in [0.25, 0.3) is 0 Å². The molecule has 150 valence electrons. The van der Waals surface area contributed by atoms with E-state index in [0.29, 0.717) is 6.54 Å². The first-order valence-electron chi connectivity index (χ1n) is 9.94. The van der Waals surface area contributed by atoms with Gasteiger partial charge >= 0.3 is 0 Å². The summed E-state index contributed by atoms with van der Waals surface area (Å²) in [4.78, 5) is 15.0. The van der Waals surface area contributed by atoms with Gasteiger partial charge in [-0.15, -0.1) is 0 Å². The Labute approximate surface area is 178 Å². The van der Waals surface area contributed by atoms with Gasteiger partial charge in [-0.1, -0.05) is 60.8 Å². The van der Waals surface area contributed by atoms with Crippen LogP contribution in [0, 0.1) is 0 Å². The molecule has 28 heavy (non-hydrogen) atoms. The molecule has 5 heteroatoms. The molecule has 0 spiro atoms. The van der Waals surface area contributed by atoms with Crippen molar-refractivity contribution in [3.05, 3.63) is 69.7 Å². The normalized spacial score (nSPS) is 19.8. The number of likely N-dealkylation sites (N-methyl/N-ethyl adjacent to an activating group) is 1. The molecular weight excluding hydrogens is 391 g/mol. The molecule has 0 radical (unpaired) electrons. The largest absolute Gasteiger partial charge is 0.354 e. The Bertz CT molecular complexity index is 776. The minimum Gasteiger partial charge on any atom is -0.354 e. The van der Waals surface area contributed by atoms with E-state index in [2.05, 4.69) is 41.4 Å². The number of hydrogen-bond acceptors (Lipinski definition) is 2. The number of carbonyl (C=O) groups is 1. The average Bonchev–Trinajstić information content (AvgIpc) is 2.70. The van der Waals surface area contributed by atoms with Gasteiger partial charge in [0.25, 0.3) is 0 Å². The second-order valence-electron chi connectivity index (χ2n) is 7.74. The molecule has 2 aromatic rings. The van der Waals surface area contributed by atoms with Gasteiger partial charge in [-0.25, -0.2) is 0 Å². The van der Waals surface area contributed by atoms with Gasteiger partial charge in [0.15, 0.2) is 0 Å². The lowest BCUT2D eigenvalue weighted by molar-refractivity contribution is -0.127. The minimum atomic E-state index is -0.0227. The maximum Gasteiger partial charge on any atom is 0.237 e. The Hall–Kier alpha value is -1.55. The smallest absolute Gasteiger partial charge is 0.237 e. The quantitative estimate of drug-likeness (QED) is 0.672. The number of piperidine rings is 1. The van der Waals surface area contributed by atoms with Gasteiger partial charge in [-0.05, 0) is 67.7 Å². The van der Waals surface area contributed by atoms with Gasteiger partial charge in [-0.3, -0.25) is 9.69 Å². The summed E-state index contributed by atoms with van der Waals surface area (Å²) in [5.74, 6) is 0.503. The van der Waals surface area contributed by atoms with Gasteiger partial charge in [0.2, 0.25) is 5.91 Å². The molecule has 3 unspecified atom stereocenters. The number of nitrogens with one attached hydrogen (secondary N) is 1. The third kappa shape index (κ3) is 5.28. The van der Waals surface area contributed by atoms with Crippen LogP contribution in [-0.4, -0.2) is 37.0 Å². The summed E-state index contributed by atoms with van der Waals surface area (Å²) in [5, 5.41) is 4.66. The highest BCUT2D eigenvalue weighted by atomic mass is 35.5. The van der Waals surface area contributed by atoms with E-state index < -0.39 is 0 Å². The van der Waals surface area contributed by atoms with Gasteiger partial charge in [0.1, 0.15) is 0 Å². The van der Waals surface area contributed by atoms with Crippen molar-refractivity contribution in [2.45, 2.75) is 44.1 Å². The average molecular weight is 419 g/mol. The van der Waals surface area contributed by atoms with Crippen molar-refractivity contribution in [3.8, 4) is 0 Å². The zero-order valence-electron chi connectivity index (χ0n) is 16.5. The second-order valence-corrected chi connectivity index (χ2v) is 8.61. The van der Waals surface area contributed by atoms with Gasteiger partial charge in [0.05, 0.1) is 6.04 Å². The number of amides is 1. The number of halogens is 2. The third-order valence-electron chi connectivity index (χ3n) is 5.87. The predicted octanol–water partition coefficient (Wildman–Crippen LogP) is 5.48. The van der Waals surface area contributed by atoms with Crippen molar-refractivity contribution in [3.63, 3.8) is 0 Å². The van der Waals surface area contributed by atoms with Gasteiger partial charge < -0.3 is 5.32 Å². The summed E-state index contributed by atoms with van der Waals surface area (Å²) >= 11 is 12.1. The van der Waals surface area contributed by atoms with E-state index in [1.165, 1.54) is 17.5 Å². The molecule has 1 amide bonds. The van der Waals surface area contributed by atoms with Crippen LogP contribution in [0.3, 0.4) is 0 Å². The van der Waals surface area contributed by atoms with Crippen molar-refractivity contribution in [1.82, 2.24) is 10.2 Å². The number of hydrogen-bond donors (Lipinski definition) is 1. The van der Waals surface area contributed by atoms with E-state index in [0.717, 1.165) is 29.4 Å². The zero-order chi connectivity index (χ0) is 20.1. The molecule has 0 aliphatic carbocycles. The standard InChI is InChI=1S/C23H28Cl2N2O/c1-16(17-6-10-19(24)11-7-17)21(18-8-12-20(25)13-9-18)15-26-23(28)22-5-3-4-14-27(22)2/h6-13,16,21-22H,3-5,14-15H2,1-2H3,(H,26,28). The summed E-state index contributed by atoms with van der Waals surface area (Å²) in [6.45, 7) is 3.77. The van der Waals surface area contributed by atoms with Crippen LogP contribution in [0.5, 0.6) is 0 Å². The van der Waals surface area contributed by atoms with E-state index in [-0.39, 0.29) is 23.8 Å². The zero-order valence-corrected chi connectivity index (χ0v) is 18.0. The number of benzene rings is 2. The fraction of sp³-hybridized carbons (Fsp3) is 0.435. The van der Waals surface area contributed by atoms with E-state index in [9.17, 15) is 4.79 Å². The molecule has 1 aliphatic heterocycles. The molecule has 3 nitrogen and oxygen atoms in total. The molecule has 1 heterocycles.